The third kappa shape index (κ3) is 2.25. The number of hydrogen-bond donors (Lipinski definition) is 0. The Balaban J connectivity index is 1.88. The molecule has 1 heterocycles. The van der Waals surface area contributed by atoms with E-state index < -0.39 is 0 Å². The molecule has 5 aromatic rings. The van der Waals surface area contributed by atoms with Gasteiger partial charge < -0.3 is 4.42 Å². The first-order chi connectivity index (χ1) is 12.8. The number of benzene rings is 4. The van der Waals surface area contributed by atoms with Gasteiger partial charge in [-0.25, -0.2) is 0 Å². The number of furan rings is 1. The molecule has 1 nitrogen and oxygen atoms in total. The van der Waals surface area contributed by atoms with Gasteiger partial charge in [0.1, 0.15) is 11.2 Å². The minimum absolute atomic E-state index is 0.940. The molecule has 0 spiro atoms. The molecule has 0 N–H and O–H groups in total. The van der Waals surface area contributed by atoms with Crippen LogP contribution < -0.4 is 0 Å². The summed E-state index contributed by atoms with van der Waals surface area (Å²) in [5.74, 6) is 0. The summed E-state index contributed by atoms with van der Waals surface area (Å²) in [6.07, 6.45) is 0. The molecule has 0 amide bonds. The Morgan fingerprint density at radius 1 is 0.500 bits per heavy atom. The number of fused-ring (bicyclic) bond motifs is 3. The molecule has 0 bridgehead atoms. The van der Waals surface area contributed by atoms with Gasteiger partial charge in [-0.1, -0.05) is 78.9 Å². The van der Waals surface area contributed by atoms with Crippen LogP contribution in [0, 0.1) is 6.92 Å². The van der Waals surface area contributed by atoms with Crippen LogP contribution in [-0.2, 0) is 0 Å². The Bertz CT molecular complexity index is 1210. The van der Waals surface area contributed by atoms with Crippen molar-refractivity contribution >= 4 is 21.9 Å². The lowest BCUT2D eigenvalue weighted by Gasteiger charge is -2.09. The van der Waals surface area contributed by atoms with Gasteiger partial charge in [-0.2, -0.15) is 0 Å². The van der Waals surface area contributed by atoms with Gasteiger partial charge in [-0.05, 0) is 46.9 Å². The third-order valence-electron chi connectivity index (χ3n) is 5.09. The minimum Gasteiger partial charge on any atom is -0.456 e. The van der Waals surface area contributed by atoms with Gasteiger partial charge >= 0.3 is 0 Å². The van der Waals surface area contributed by atoms with E-state index in [9.17, 15) is 0 Å². The SMILES string of the molecule is Cc1c(-c2ccccc2)ccc2oc3cccc(-c4ccccc4)c3c12. The van der Waals surface area contributed by atoms with E-state index in [-0.39, 0.29) is 0 Å². The summed E-state index contributed by atoms with van der Waals surface area (Å²) in [4.78, 5) is 0. The molecule has 1 heteroatoms. The third-order valence-corrected chi connectivity index (χ3v) is 5.09. The fourth-order valence-corrected chi connectivity index (χ4v) is 3.86. The summed E-state index contributed by atoms with van der Waals surface area (Å²) in [7, 11) is 0. The molecular weight excluding hydrogens is 316 g/mol. The quantitative estimate of drug-likeness (QED) is 0.332. The maximum Gasteiger partial charge on any atom is 0.136 e. The van der Waals surface area contributed by atoms with Crippen molar-refractivity contribution in [3.63, 3.8) is 0 Å². The molecule has 0 unspecified atom stereocenters. The van der Waals surface area contributed by atoms with Crippen LogP contribution >= 0.6 is 0 Å². The first kappa shape index (κ1) is 15.0. The van der Waals surface area contributed by atoms with E-state index in [1.165, 1.54) is 38.6 Å². The summed E-state index contributed by atoms with van der Waals surface area (Å²) in [5, 5.41) is 2.41. The largest absolute Gasteiger partial charge is 0.456 e. The van der Waals surface area contributed by atoms with Crippen molar-refractivity contribution in [1.29, 1.82) is 0 Å². The van der Waals surface area contributed by atoms with Gasteiger partial charge in [0.25, 0.3) is 0 Å². The molecule has 124 valence electrons. The standard InChI is InChI=1S/C25H18O/c1-17-20(18-9-4-2-5-10-18)15-16-23-24(17)25-21(13-8-14-22(25)26-23)19-11-6-3-7-12-19/h2-16H,1H3. The zero-order valence-electron chi connectivity index (χ0n) is 14.6. The van der Waals surface area contributed by atoms with Crippen LogP contribution in [-0.4, -0.2) is 0 Å². The molecular formula is C25H18O. The normalized spacial score (nSPS) is 11.3. The lowest BCUT2D eigenvalue weighted by Crippen LogP contribution is -1.85. The van der Waals surface area contributed by atoms with E-state index >= 15 is 0 Å². The first-order valence-electron chi connectivity index (χ1n) is 8.88. The maximum absolute atomic E-state index is 6.19. The molecule has 0 saturated heterocycles. The van der Waals surface area contributed by atoms with Crippen LogP contribution in [0.5, 0.6) is 0 Å². The van der Waals surface area contributed by atoms with Gasteiger partial charge in [0.15, 0.2) is 0 Å². The van der Waals surface area contributed by atoms with Crippen molar-refractivity contribution in [2.45, 2.75) is 6.92 Å². The van der Waals surface area contributed by atoms with Gasteiger partial charge in [0, 0.05) is 10.8 Å². The van der Waals surface area contributed by atoms with Crippen LogP contribution in [0.15, 0.2) is 95.4 Å². The highest BCUT2D eigenvalue weighted by Gasteiger charge is 2.16. The van der Waals surface area contributed by atoms with Crippen LogP contribution in [0.1, 0.15) is 5.56 Å². The Labute approximate surface area is 152 Å². The van der Waals surface area contributed by atoms with Crippen molar-refractivity contribution in [3.8, 4) is 22.3 Å². The van der Waals surface area contributed by atoms with Crippen LogP contribution in [0.4, 0.5) is 0 Å². The lowest BCUT2D eigenvalue weighted by atomic mass is 9.93. The molecule has 0 aliphatic heterocycles. The summed E-state index contributed by atoms with van der Waals surface area (Å²) < 4.78 is 6.19. The fraction of sp³-hybridized carbons (Fsp3) is 0.0400. The second kappa shape index (κ2) is 5.89. The highest BCUT2D eigenvalue weighted by atomic mass is 16.3. The predicted octanol–water partition coefficient (Wildman–Crippen LogP) is 7.23. The van der Waals surface area contributed by atoms with Gasteiger partial charge in [0.05, 0.1) is 0 Å². The second-order valence-electron chi connectivity index (χ2n) is 6.62. The Kier molecular flexibility index (Phi) is 3.39. The highest BCUT2D eigenvalue weighted by Crippen LogP contribution is 2.40. The van der Waals surface area contributed by atoms with Gasteiger partial charge in [-0.3, -0.25) is 0 Å². The topological polar surface area (TPSA) is 13.1 Å². The molecule has 0 aliphatic rings. The molecule has 0 fully saturated rings. The summed E-state index contributed by atoms with van der Waals surface area (Å²) in [5.41, 5.74) is 8.06. The molecule has 4 aromatic carbocycles. The number of hydrogen-bond acceptors (Lipinski definition) is 1. The second-order valence-corrected chi connectivity index (χ2v) is 6.62. The van der Waals surface area contributed by atoms with Crippen molar-refractivity contribution in [1.82, 2.24) is 0 Å². The lowest BCUT2D eigenvalue weighted by molar-refractivity contribution is 0.669. The van der Waals surface area contributed by atoms with E-state index in [1.54, 1.807) is 0 Å². The van der Waals surface area contributed by atoms with E-state index in [4.69, 9.17) is 4.42 Å². The van der Waals surface area contributed by atoms with Crippen molar-refractivity contribution in [3.05, 3.63) is 96.6 Å². The van der Waals surface area contributed by atoms with Crippen molar-refractivity contribution < 1.29 is 4.42 Å². The minimum atomic E-state index is 0.940. The average Bonchev–Trinajstić information content (AvgIpc) is 3.09. The summed E-state index contributed by atoms with van der Waals surface area (Å²) in [6, 6.07) is 31.6. The van der Waals surface area contributed by atoms with E-state index in [0.717, 1.165) is 11.2 Å². The average molecular weight is 334 g/mol. The summed E-state index contributed by atoms with van der Waals surface area (Å²) >= 11 is 0. The first-order valence-corrected chi connectivity index (χ1v) is 8.88. The smallest absolute Gasteiger partial charge is 0.136 e. The van der Waals surface area contributed by atoms with E-state index in [2.05, 4.69) is 97.9 Å². The molecule has 0 saturated carbocycles. The number of aryl methyl sites for hydroxylation is 1. The molecule has 1 aromatic heterocycles. The van der Waals surface area contributed by atoms with Crippen LogP contribution in [0.25, 0.3) is 44.2 Å². The van der Waals surface area contributed by atoms with E-state index in [0.29, 0.717) is 0 Å². The Morgan fingerprint density at radius 2 is 1.12 bits per heavy atom. The molecule has 5 rings (SSSR count). The molecule has 0 radical (unpaired) electrons. The van der Waals surface area contributed by atoms with Crippen molar-refractivity contribution in [2.75, 3.05) is 0 Å². The molecule has 26 heavy (non-hydrogen) atoms. The maximum atomic E-state index is 6.19. The Morgan fingerprint density at radius 3 is 1.81 bits per heavy atom. The zero-order chi connectivity index (χ0) is 17.5. The van der Waals surface area contributed by atoms with Crippen LogP contribution in [0.2, 0.25) is 0 Å². The predicted molar refractivity (Wildman–Crippen MR) is 109 cm³/mol. The van der Waals surface area contributed by atoms with Gasteiger partial charge in [0.2, 0.25) is 0 Å². The van der Waals surface area contributed by atoms with Crippen molar-refractivity contribution in [2.24, 2.45) is 0 Å². The molecule has 0 atom stereocenters. The fourth-order valence-electron chi connectivity index (χ4n) is 3.86. The molecule has 0 aliphatic carbocycles. The monoisotopic (exact) mass is 334 g/mol. The van der Waals surface area contributed by atoms with Gasteiger partial charge in [-0.15, -0.1) is 0 Å². The number of rotatable bonds is 2. The van der Waals surface area contributed by atoms with Crippen LogP contribution in [0.3, 0.4) is 0 Å². The van der Waals surface area contributed by atoms with E-state index in [1.807, 2.05) is 0 Å². The highest BCUT2D eigenvalue weighted by molar-refractivity contribution is 6.15. The summed E-state index contributed by atoms with van der Waals surface area (Å²) in [6.45, 7) is 2.20. The Hall–Kier alpha value is -3.32. The zero-order valence-corrected chi connectivity index (χ0v) is 14.6.